The van der Waals surface area contributed by atoms with Crippen LogP contribution < -0.4 is 0 Å². The molecule has 1 atom stereocenters. The van der Waals surface area contributed by atoms with E-state index in [-0.39, 0.29) is 12.1 Å². The third kappa shape index (κ3) is 4.00. The fraction of sp³-hybridized carbons (Fsp3) is 0.636. The summed E-state index contributed by atoms with van der Waals surface area (Å²) in [6, 6.07) is 0. The lowest BCUT2D eigenvalue weighted by Gasteiger charge is -2.14. The van der Waals surface area contributed by atoms with E-state index in [1.165, 1.54) is 0 Å². The van der Waals surface area contributed by atoms with Gasteiger partial charge in [-0.3, -0.25) is 4.79 Å². The number of thiazole rings is 1. The van der Waals surface area contributed by atoms with Crippen molar-refractivity contribution in [2.24, 2.45) is 0 Å². The third-order valence-electron chi connectivity index (χ3n) is 2.01. The van der Waals surface area contributed by atoms with Gasteiger partial charge in [0.15, 0.2) is 6.10 Å². The Hall–Kier alpha value is -0.900. The molecule has 1 aromatic rings. The van der Waals surface area contributed by atoms with Gasteiger partial charge >= 0.3 is 5.97 Å². The van der Waals surface area contributed by atoms with E-state index in [0.717, 1.165) is 24.3 Å². The largest absolute Gasteiger partial charge is 0.455 e. The lowest BCUT2D eigenvalue weighted by atomic mass is 10.2. The van der Waals surface area contributed by atoms with Gasteiger partial charge in [-0.05, 0) is 12.8 Å². The van der Waals surface area contributed by atoms with Crippen LogP contribution in [-0.4, -0.2) is 11.0 Å². The average Bonchev–Trinajstić information content (AvgIpc) is 2.70. The van der Waals surface area contributed by atoms with Crippen molar-refractivity contribution < 1.29 is 9.53 Å². The molecule has 0 N–H and O–H groups in total. The van der Waals surface area contributed by atoms with Crippen LogP contribution in [0.5, 0.6) is 0 Å². The molecule has 4 heteroatoms. The second kappa shape index (κ2) is 6.56. The van der Waals surface area contributed by atoms with Gasteiger partial charge in [-0.1, -0.05) is 20.3 Å². The SMILES string of the molecule is CCCC(=O)O[C@H](CCC)c1nccs1. The van der Waals surface area contributed by atoms with Gasteiger partial charge in [-0.15, -0.1) is 11.3 Å². The molecule has 15 heavy (non-hydrogen) atoms. The molecule has 0 aromatic carbocycles. The summed E-state index contributed by atoms with van der Waals surface area (Å²) in [5.74, 6) is -0.119. The van der Waals surface area contributed by atoms with Gasteiger partial charge in [0.25, 0.3) is 0 Å². The number of carbonyl (C=O) groups excluding carboxylic acids is 1. The summed E-state index contributed by atoms with van der Waals surface area (Å²) in [5, 5.41) is 2.81. The summed E-state index contributed by atoms with van der Waals surface area (Å²) >= 11 is 1.54. The lowest BCUT2D eigenvalue weighted by Crippen LogP contribution is -2.10. The summed E-state index contributed by atoms with van der Waals surface area (Å²) in [6.45, 7) is 4.05. The van der Waals surface area contributed by atoms with Crippen LogP contribution >= 0.6 is 11.3 Å². The molecule has 0 aliphatic rings. The van der Waals surface area contributed by atoms with Crippen molar-refractivity contribution in [3.63, 3.8) is 0 Å². The molecule has 0 fully saturated rings. The van der Waals surface area contributed by atoms with Crippen LogP contribution in [0.3, 0.4) is 0 Å². The van der Waals surface area contributed by atoms with Crippen molar-refractivity contribution in [3.8, 4) is 0 Å². The first-order valence-corrected chi connectivity index (χ1v) is 6.24. The van der Waals surface area contributed by atoms with Crippen molar-refractivity contribution in [3.05, 3.63) is 16.6 Å². The molecule has 0 saturated heterocycles. The Morgan fingerprint density at radius 3 is 2.87 bits per heavy atom. The summed E-state index contributed by atoms with van der Waals surface area (Å²) in [6.07, 6.45) is 4.76. The molecule has 0 aliphatic carbocycles. The minimum atomic E-state index is -0.144. The van der Waals surface area contributed by atoms with E-state index in [2.05, 4.69) is 11.9 Å². The highest BCUT2D eigenvalue weighted by molar-refractivity contribution is 7.09. The van der Waals surface area contributed by atoms with Gasteiger partial charge in [0.05, 0.1) is 0 Å². The lowest BCUT2D eigenvalue weighted by molar-refractivity contribution is -0.149. The molecule has 1 rings (SSSR count). The van der Waals surface area contributed by atoms with Crippen molar-refractivity contribution in [1.82, 2.24) is 4.98 Å². The number of rotatable bonds is 6. The Morgan fingerprint density at radius 2 is 2.33 bits per heavy atom. The summed E-state index contributed by atoms with van der Waals surface area (Å²) < 4.78 is 5.38. The van der Waals surface area contributed by atoms with E-state index in [1.807, 2.05) is 12.3 Å². The van der Waals surface area contributed by atoms with Gasteiger partial charge < -0.3 is 4.74 Å². The molecule has 1 heterocycles. The van der Waals surface area contributed by atoms with Crippen molar-refractivity contribution in [2.75, 3.05) is 0 Å². The van der Waals surface area contributed by atoms with Crippen LogP contribution in [0.15, 0.2) is 11.6 Å². The van der Waals surface area contributed by atoms with Gasteiger partial charge in [0.2, 0.25) is 0 Å². The number of esters is 1. The first-order chi connectivity index (χ1) is 7.27. The van der Waals surface area contributed by atoms with Crippen LogP contribution in [0, 0.1) is 0 Å². The molecule has 0 amide bonds. The number of hydrogen-bond acceptors (Lipinski definition) is 4. The summed E-state index contributed by atoms with van der Waals surface area (Å²) in [7, 11) is 0. The van der Waals surface area contributed by atoms with Crippen molar-refractivity contribution in [1.29, 1.82) is 0 Å². The van der Waals surface area contributed by atoms with Gasteiger partial charge in [-0.25, -0.2) is 4.98 Å². The Kier molecular flexibility index (Phi) is 5.32. The fourth-order valence-corrected chi connectivity index (χ4v) is 2.01. The zero-order valence-electron chi connectivity index (χ0n) is 9.23. The second-order valence-electron chi connectivity index (χ2n) is 3.39. The highest BCUT2D eigenvalue weighted by Gasteiger charge is 2.17. The highest BCUT2D eigenvalue weighted by atomic mass is 32.1. The number of aromatic nitrogens is 1. The standard InChI is InChI=1S/C11H17NO2S/c1-3-5-9(11-12-7-8-15-11)14-10(13)6-4-2/h7-9H,3-6H2,1-2H3/t9-/m1/s1. The van der Waals surface area contributed by atoms with Crippen LogP contribution in [0.4, 0.5) is 0 Å². The van der Waals surface area contributed by atoms with Crippen LogP contribution in [0.2, 0.25) is 0 Å². The smallest absolute Gasteiger partial charge is 0.306 e. The van der Waals surface area contributed by atoms with E-state index in [4.69, 9.17) is 4.74 Å². The molecule has 84 valence electrons. The topological polar surface area (TPSA) is 39.2 Å². The highest BCUT2D eigenvalue weighted by Crippen LogP contribution is 2.25. The predicted octanol–water partition coefficient (Wildman–Crippen LogP) is 3.33. The Morgan fingerprint density at radius 1 is 1.53 bits per heavy atom. The van der Waals surface area contributed by atoms with Gasteiger partial charge in [-0.2, -0.15) is 0 Å². The number of carbonyl (C=O) groups is 1. The summed E-state index contributed by atoms with van der Waals surface area (Å²) in [5.41, 5.74) is 0. The number of ether oxygens (including phenoxy) is 1. The van der Waals surface area contributed by atoms with Gasteiger partial charge in [0.1, 0.15) is 5.01 Å². The monoisotopic (exact) mass is 227 g/mol. The second-order valence-corrected chi connectivity index (χ2v) is 4.31. The third-order valence-corrected chi connectivity index (χ3v) is 2.87. The van der Waals surface area contributed by atoms with E-state index in [9.17, 15) is 4.79 Å². The van der Waals surface area contributed by atoms with Crippen LogP contribution in [0.25, 0.3) is 0 Å². The van der Waals surface area contributed by atoms with Crippen LogP contribution in [0.1, 0.15) is 50.6 Å². The first kappa shape index (κ1) is 12.2. The minimum Gasteiger partial charge on any atom is -0.455 e. The maximum atomic E-state index is 11.4. The van der Waals surface area contributed by atoms with E-state index in [1.54, 1.807) is 17.5 Å². The number of nitrogens with zero attached hydrogens (tertiary/aromatic N) is 1. The normalized spacial score (nSPS) is 12.4. The fourth-order valence-electron chi connectivity index (χ4n) is 1.31. The quantitative estimate of drug-likeness (QED) is 0.700. The molecule has 0 saturated carbocycles. The van der Waals surface area contributed by atoms with Crippen LogP contribution in [-0.2, 0) is 9.53 Å². The Balaban J connectivity index is 2.55. The maximum Gasteiger partial charge on any atom is 0.306 e. The molecule has 0 bridgehead atoms. The van der Waals surface area contributed by atoms with E-state index < -0.39 is 0 Å². The average molecular weight is 227 g/mol. The minimum absolute atomic E-state index is 0.119. The number of hydrogen-bond donors (Lipinski definition) is 0. The molecular formula is C11H17NO2S. The van der Waals surface area contributed by atoms with E-state index >= 15 is 0 Å². The van der Waals surface area contributed by atoms with Gasteiger partial charge in [0, 0.05) is 18.0 Å². The molecule has 3 nitrogen and oxygen atoms in total. The molecule has 0 radical (unpaired) electrons. The molecule has 0 aliphatic heterocycles. The first-order valence-electron chi connectivity index (χ1n) is 5.36. The molecular weight excluding hydrogens is 210 g/mol. The molecule has 0 unspecified atom stereocenters. The molecule has 1 aromatic heterocycles. The zero-order valence-corrected chi connectivity index (χ0v) is 10.0. The van der Waals surface area contributed by atoms with E-state index in [0.29, 0.717) is 6.42 Å². The zero-order chi connectivity index (χ0) is 11.1. The van der Waals surface area contributed by atoms with Crippen molar-refractivity contribution in [2.45, 2.75) is 45.6 Å². The Labute approximate surface area is 94.5 Å². The summed E-state index contributed by atoms with van der Waals surface area (Å²) in [4.78, 5) is 15.6. The maximum absolute atomic E-state index is 11.4. The predicted molar refractivity (Wildman–Crippen MR) is 60.8 cm³/mol. The molecule has 0 spiro atoms. The Bertz CT molecular complexity index is 285. The van der Waals surface area contributed by atoms with Crippen molar-refractivity contribution >= 4 is 17.3 Å².